The monoisotopic (exact) mass is 436 g/mol. The largest absolute Gasteiger partial charge is 0.388 e. The molecule has 11 nitrogen and oxygen atoms in total. The molecule has 0 atom stereocenters. The van der Waals surface area contributed by atoms with Crippen molar-refractivity contribution in [3.05, 3.63) is 36.7 Å². The first-order chi connectivity index (χ1) is 15.8. The molecule has 1 fully saturated rings. The first kappa shape index (κ1) is 20.6. The Morgan fingerprint density at radius 1 is 1.28 bits per heavy atom. The molecule has 32 heavy (non-hydrogen) atoms. The van der Waals surface area contributed by atoms with Crippen molar-refractivity contribution in [1.82, 2.24) is 40.3 Å². The second kappa shape index (κ2) is 9.45. The molecule has 11 heteroatoms. The van der Waals surface area contributed by atoms with Crippen LogP contribution in [0.25, 0.3) is 11.0 Å². The number of ether oxygens (including phenoxy) is 1. The van der Waals surface area contributed by atoms with Gasteiger partial charge in [-0.15, -0.1) is 0 Å². The van der Waals surface area contributed by atoms with Gasteiger partial charge in [0.2, 0.25) is 5.95 Å². The van der Waals surface area contributed by atoms with Crippen molar-refractivity contribution in [3.63, 3.8) is 0 Å². The summed E-state index contributed by atoms with van der Waals surface area (Å²) in [6.45, 7) is 6.12. The Morgan fingerprint density at radius 2 is 2.22 bits per heavy atom. The Kier molecular flexibility index (Phi) is 6.08. The van der Waals surface area contributed by atoms with Crippen LogP contribution in [0.1, 0.15) is 25.5 Å². The Bertz CT molecular complexity index is 1080. The molecule has 1 aliphatic heterocycles. The average Bonchev–Trinajstić information content (AvgIpc) is 3.60. The van der Waals surface area contributed by atoms with Crippen LogP contribution in [0, 0.1) is 0 Å². The predicted molar refractivity (Wildman–Crippen MR) is 121 cm³/mol. The number of anilines is 3. The molecule has 1 aliphatic carbocycles. The molecule has 0 aromatic carbocycles. The number of aromatic nitrogens is 6. The molecule has 0 amide bonds. The van der Waals surface area contributed by atoms with Crippen LogP contribution >= 0.6 is 0 Å². The lowest BCUT2D eigenvalue weighted by molar-refractivity contribution is 0.137. The molecular formula is C21H28N10O. The van der Waals surface area contributed by atoms with E-state index in [0.29, 0.717) is 49.9 Å². The molecule has 3 aromatic heterocycles. The lowest BCUT2D eigenvalue weighted by atomic mass is 10.3. The Hall–Kier alpha value is -3.31. The van der Waals surface area contributed by atoms with Gasteiger partial charge in [0, 0.05) is 50.9 Å². The zero-order chi connectivity index (χ0) is 21.8. The molecule has 1 saturated carbocycles. The van der Waals surface area contributed by atoms with Crippen LogP contribution in [0.5, 0.6) is 0 Å². The second-order valence-corrected chi connectivity index (χ2v) is 7.77. The molecule has 0 radical (unpaired) electrons. The van der Waals surface area contributed by atoms with Gasteiger partial charge in [-0.25, -0.2) is 15.0 Å². The summed E-state index contributed by atoms with van der Waals surface area (Å²) < 4.78 is 7.54. The van der Waals surface area contributed by atoms with Gasteiger partial charge < -0.3 is 25.6 Å². The van der Waals surface area contributed by atoms with Gasteiger partial charge in [0.15, 0.2) is 5.82 Å². The van der Waals surface area contributed by atoms with Crippen LogP contribution in [-0.4, -0.2) is 62.1 Å². The Balaban J connectivity index is 1.59. The number of hydrogen-bond acceptors (Lipinski definition) is 10. The minimum Gasteiger partial charge on any atom is -0.388 e. The third kappa shape index (κ3) is 4.63. The summed E-state index contributed by atoms with van der Waals surface area (Å²) in [5, 5.41) is 15.0. The van der Waals surface area contributed by atoms with E-state index in [1.807, 2.05) is 35.0 Å². The standard InChI is InChI=1S/C21H28N10O/c1-2-32-12-11-31-19-18(16(29-31)13-24-15-3-4-15)27-21(30-9-7-22-8-10-30)28-20(19)26-17-5-6-23-14-25-17/h5-7,9,14-15,22,24H,2-4,8,10-13H2,1H3,(H,23,25,26,27,28). The van der Waals surface area contributed by atoms with Crippen LogP contribution < -0.4 is 20.9 Å². The van der Waals surface area contributed by atoms with Gasteiger partial charge in [-0.05, 0) is 25.8 Å². The molecule has 0 bridgehead atoms. The summed E-state index contributed by atoms with van der Waals surface area (Å²) in [6, 6.07) is 2.39. The van der Waals surface area contributed by atoms with E-state index in [0.717, 1.165) is 29.8 Å². The van der Waals surface area contributed by atoms with Crippen LogP contribution in [0.15, 0.2) is 31.0 Å². The minimum atomic E-state index is 0.567. The van der Waals surface area contributed by atoms with Gasteiger partial charge >= 0.3 is 0 Å². The maximum absolute atomic E-state index is 5.60. The summed E-state index contributed by atoms with van der Waals surface area (Å²) in [5.74, 6) is 1.96. The first-order valence-corrected chi connectivity index (χ1v) is 11.1. The van der Waals surface area contributed by atoms with E-state index in [4.69, 9.17) is 19.8 Å². The maximum atomic E-state index is 5.60. The number of fused-ring (bicyclic) bond motifs is 1. The van der Waals surface area contributed by atoms with Gasteiger partial charge in [0.05, 0.1) is 13.2 Å². The lowest BCUT2D eigenvalue weighted by Gasteiger charge is -2.22. The molecule has 3 N–H and O–H groups in total. The minimum absolute atomic E-state index is 0.567. The topological polar surface area (TPSA) is 118 Å². The van der Waals surface area contributed by atoms with Crippen LogP contribution in [-0.2, 0) is 17.8 Å². The fourth-order valence-electron chi connectivity index (χ4n) is 3.59. The molecule has 0 unspecified atom stereocenters. The fourth-order valence-corrected chi connectivity index (χ4v) is 3.59. The molecule has 4 heterocycles. The van der Waals surface area contributed by atoms with Gasteiger partial charge in [0.25, 0.3) is 0 Å². The van der Waals surface area contributed by atoms with Crippen molar-refractivity contribution >= 4 is 28.6 Å². The van der Waals surface area contributed by atoms with E-state index in [2.05, 4.69) is 25.9 Å². The lowest BCUT2D eigenvalue weighted by Crippen LogP contribution is -2.32. The molecule has 2 aliphatic rings. The van der Waals surface area contributed by atoms with E-state index < -0.39 is 0 Å². The van der Waals surface area contributed by atoms with Crippen molar-refractivity contribution in [2.75, 3.05) is 36.5 Å². The smallest absolute Gasteiger partial charge is 0.232 e. The van der Waals surface area contributed by atoms with E-state index >= 15 is 0 Å². The molecule has 168 valence electrons. The fraction of sp³-hybridized carbons (Fsp3) is 0.476. The zero-order valence-corrected chi connectivity index (χ0v) is 18.2. The normalized spacial score (nSPS) is 15.8. The highest BCUT2D eigenvalue weighted by Crippen LogP contribution is 2.29. The molecule has 0 spiro atoms. The summed E-state index contributed by atoms with van der Waals surface area (Å²) in [5.41, 5.74) is 2.60. The summed E-state index contributed by atoms with van der Waals surface area (Å²) in [6.07, 6.45) is 9.52. The summed E-state index contributed by atoms with van der Waals surface area (Å²) >= 11 is 0. The summed E-state index contributed by atoms with van der Waals surface area (Å²) in [7, 11) is 0. The van der Waals surface area contributed by atoms with Crippen LogP contribution in [0.4, 0.5) is 17.6 Å². The third-order valence-electron chi connectivity index (χ3n) is 5.39. The summed E-state index contributed by atoms with van der Waals surface area (Å²) in [4.78, 5) is 20.2. The van der Waals surface area contributed by atoms with Crippen molar-refractivity contribution in [3.8, 4) is 0 Å². The van der Waals surface area contributed by atoms with Gasteiger partial charge in [0.1, 0.15) is 28.9 Å². The zero-order valence-electron chi connectivity index (χ0n) is 18.2. The second-order valence-electron chi connectivity index (χ2n) is 7.77. The number of rotatable bonds is 10. The predicted octanol–water partition coefficient (Wildman–Crippen LogP) is 1.53. The van der Waals surface area contributed by atoms with Crippen LogP contribution in [0.3, 0.4) is 0 Å². The molecule has 0 saturated heterocycles. The number of nitrogens with zero attached hydrogens (tertiary/aromatic N) is 7. The molecule has 3 aromatic rings. The van der Waals surface area contributed by atoms with E-state index in [1.54, 1.807) is 6.20 Å². The van der Waals surface area contributed by atoms with E-state index in [9.17, 15) is 0 Å². The molecule has 5 rings (SSSR count). The average molecular weight is 437 g/mol. The van der Waals surface area contributed by atoms with Gasteiger partial charge in [-0.1, -0.05) is 0 Å². The Labute approximate surface area is 186 Å². The third-order valence-corrected chi connectivity index (χ3v) is 5.39. The van der Waals surface area contributed by atoms with E-state index in [1.165, 1.54) is 19.2 Å². The van der Waals surface area contributed by atoms with Crippen molar-refractivity contribution in [2.45, 2.75) is 38.9 Å². The van der Waals surface area contributed by atoms with Crippen molar-refractivity contribution in [2.24, 2.45) is 0 Å². The SMILES string of the molecule is CCOCCn1nc(CNC2CC2)c2nc(N3C=CNCC3)nc(Nc3ccncn3)c21. The quantitative estimate of drug-likeness (QED) is 0.404. The highest BCUT2D eigenvalue weighted by molar-refractivity contribution is 5.90. The van der Waals surface area contributed by atoms with Gasteiger partial charge in [-0.3, -0.25) is 4.68 Å². The highest BCUT2D eigenvalue weighted by atomic mass is 16.5. The maximum Gasteiger partial charge on any atom is 0.232 e. The highest BCUT2D eigenvalue weighted by Gasteiger charge is 2.24. The van der Waals surface area contributed by atoms with Crippen molar-refractivity contribution < 1.29 is 4.74 Å². The Morgan fingerprint density at radius 3 is 2.97 bits per heavy atom. The molecular weight excluding hydrogens is 408 g/mol. The van der Waals surface area contributed by atoms with Gasteiger partial charge in [-0.2, -0.15) is 10.1 Å². The van der Waals surface area contributed by atoms with E-state index in [-0.39, 0.29) is 0 Å². The first-order valence-electron chi connectivity index (χ1n) is 11.1. The van der Waals surface area contributed by atoms with Crippen LogP contribution in [0.2, 0.25) is 0 Å². The number of hydrogen-bond donors (Lipinski definition) is 3. The number of nitrogens with one attached hydrogen (secondary N) is 3. The van der Waals surface area contributed by atoms with Crippen molar-refractivity contribution in [1.29, 1.82) is 0 Å².